The standard InChI is InChI=1S/C4H9NOS/c1-5(2)4(6)3-7/h7H,3H2,1-2H3. The fourth-order valence-corrected chi connectivity index (χ4v) is 0.424. The van der Waals surface area contributed by atoms with E-state index in [1.165, 1.54) is 4.90 Å². The summed E-state index contributed by atoms with van der Waals surface area (Å²) >= 11 is 3.76. The minimum atomic E-state index is 0.0448. The van der Waals surface area contributed by atoms with Gasteiger partial charge in [0.1, 0.15) is 0 Å². The van der Waals surface area contributed by atoms with Gasteiger partial charge in [0.2, 0.25) is 5.91 Å². The number of nitrogens with zero attached hydrogens (tertiary/aromatic N) is 1. The molecule has 0 saturated heterocycles. The first kappa shape index (κ1) is 6.82. The molecule has 0 atom stereocenters. The summed E-state index contributed by atoms with van der Waals surface area (Å²) in [7, 11) is 3.41. The number of hydrogen-bond donors (Lipinski definition) is 1. The Morgan fingerprint density at radius 1 is 1.71 bits per heavy atom. The second-order valence-corrected chi connectivity index (χ2v) is 1.76. The Balaban J connectivity index is 3.35. The summed E-state index contributed by atoms with van der Waals surface area (Å²) in [6, 6.07) is 0. The van der Waals surface area contributed by atoms with Crippen molar-refractivity contribution in [2.75, 3.05) is 19.8 Å². The van der Waals surface area contributed by atoms with E-state index in [9.17, 15) is 4.79 Å². The third-order valence-corrected chi connectivity index (χ3v) is 0.905. The summed E-state index contributed by atoms with van der Waals surface area (Å²) in [6.45, 7) is 0. The van der Waals surface area contributed by atoms with Crippen molar-refractivity contribution in [2.45, 2.75) is 0 Å². The average Bonchev–Trinajstić information content (AvgIpc) is 1.65. The molecule has 7 heavy (non-hydrogen) atoms. The summed E-state index contributed by atoms with van der Waals surface area (Å²) in [5, 5.41) is 0. The Kier molecular flexibility index (Phi) is 2.83. The van der Waals surface area contributed by atoms with Crippen molar-refractivity contribution < 1.29 is 4.79 Å². The van der Waals surface area contributed by atoms with Crippen molar-refractivity contribution in [2.24, 2.45) is 0 Å². The van der Waals surface area contributed by atoms with Gasteiger partial charge in [-0.05, 0) is 0 Å². The lowest BCUT2D eigenvalue weighted by Gasteiger charge is -2.05. The highest BCUT2D eigenvalue weighted by Gasteiger charge is 1.95. The molecule has 0 heterocycles. The molecule has 0 N–H and O–H groups in total. The van der Waals surface area contributed by atoms with Crippen molar-refractivity contribution >= 4 is 18.5 Å². The predicted octanol–water partition coefficient (Wildman–Crippen LogP) is 0.00440. The second-order valence-electron chi connectivity index (χ2n) is 1.45. The van der Waals surface area contributed by atoms with Crippen LogP contribution in [0.25, 0.3) is 0 Å². The highest BCUT2D eigenvalue weighted by molar-refractivity contribution is 7.81. The lowest BCUT2D eigenvalue weighted by Crippen LogP contribution is -2.22. The summed E-state index contributed by atoms with van der Waals surface area (Å²) in [5.74, 6) is 0.343. The number of hydrogen-bond acceptors (Lipinski definition) is 2. The van der Waals surface area contributed by atoms with E-state index < -0.39 is 0 Å². The molecule has 0 spiro atoms. The smallest absolute Gasteiger partial charge is 0.231 e. The van der Waals surface area contributed by atoms with Gasteiger partial charge >= 0.3 is 0 Å². The maximum Gasteiger partial charge on any atom is 0.231 e. The molecular weight excluding hydrogens is 110 g/mol. The molecule has 0 aromatic carbocycles. The highest BCUT2D eigenvalue weighted by atomic mass is 32.1. The van der Waals surface area contributed by atoms with Gasteiger partial charge in [0, 0.05) is 14.1 Å². The van der Waals surface area contributed by atoms with Crippen LogP contribution in [-0.2, 0) is 4.79 Å². The van der Waals surface area contributed by atoms with Crippen molar-refractivity contribution in [1.29, 1.82) is 0 Å². The summed E-state index contributed by atoms with van der Waals surface area (Å²) < 4.78 is 0. The third-order valence-electron chi connectivity index (χ3n) is 0.634. The van der Waals surface area contributed by atoms with Crippen molar-refractivity contribution in [3.05, 3.63) is 0 Å². The fourth-order valence-electron chi connectivity index (χ4n) is 0.141. The molecule has 3 heteroatoms. The first-order chi connectivity index (χ1) is 3.18. The normalized spacial score (nSPS) is 8.43. The topological polar surface area (TPSA) is 20.3 Å². The van der Waals surface area contributed by atoms with Crippen LogP contribution in [0.4, 0.5) is 0 Å². The number of amides is 1. The second kappa shape index (κ2) is 2.91. The molecule has 0 fully saturated rings. The zero-order valence-corrected chi connectivity index (χ0v) is 5.40. The van der Waals surface area contributed by atoms with Crippen LogP contribution in [0.2, 0.25) is 0 Å². The van der Waals surface area contributed by atoms with E-state index in [1.54, 1.807) is 14.1 Å². The Bertz CT molecular complexity index is 72.1. The minimum Gasteiger partial charge on any atom is -0.348 e. The molecule has 42 valence electrons. The molecule has 2 nitrogen and oxygen atoms in total. The Morgan fingerprint density at radius 2 is 2.14 bits per heavy atom. The fraction of sp³-hybridized carbons (Fsp3) is 0.750. The van der Waals surface area contributed by atoms with Crippen molar-refractivity contribution in [3.63, 3.8) is 0 Å². The maximum atomic E-state index is 10.4. The number of carbonyl (C=O) groups is 1. The molecule has 0 bridgehead atoms. The molecule has 0 aliphatic carbocycles. The lowest BCUT2D eigenvalue weighted by molar-refractivity contribution is -0.125. The Morgan fingerprint density at radius 3 is 2.14 bits per heavy atom. The number of thiol groups is 1. The van der Waals surface area contributed by atoms with Gasteiger partial charge in [-0.25, -0.2) is 0 Å². The zero-order valence-electron chi connectivity index (χ0n) is 4.51. The van der Waals surface area contributed by atoms with Gasteiger partial charge in [-0.1, -0.05) is 0 Å². The molecular formula is C4H9NOS. The van der Waals surface area contributed by atoms with Crippen LogP contribution < -0.4 is 0 Å². The molecule has 1 amide bonds. The minimum absolute atomic E-state index is 0.0448. The third kappa shape index (κ3) is 2.51. The predicted molar refractivity (Wildman–Crippen MR) is 32.5 cm³/mol. The van der Waals surface area contributed by atoms with Crippen molar-refractivity contribution in [1.82, 2.24) is 4.90 Å². The monoisotopic (exact) mass is 119 g/mol. The molecule has 0 aromatic heterocycles. The van der Waals surface area contributed by atoms with E-state index in [0.717, 1.165) is 0 Å². The Labute approximate surface area is 48.9 Å². The molecule has 0 rings (SSSR count). The quantitative estimate of drug-likeness (QED) is 0.482. The number of carbonyl (C=O) groups excluding carboxylic acids is 1. The van der Waals surface area contributed by atoms with Crippen LogP contribution >= 0.6 is 12.6 Å². The number of rotatable bonds is 1. The highest BCUT2D eigenvalue weighted by Crippen LogP contribution is 1.79. The van der Waals surface area contributed by atoms with Crippen LogP contribution in [0.1, 0.15) is 0 Å². The lowest BCUT2D eigenvalue weighted by atomic mass is 10.6. The first-order valence-corrected chi connectivity index (χ1v) is 2.62. The molecule has 0 aliphatic rings. The maximum absolute atomic E-state index is 10.4. The molecule has 0 saturated carbocycles. The van der Waals surface area contributed by atoms with E-state index in [-0.39, 0.29) is 5.91 Å². The van der Waals surface area contributed by atoms with Crippen LogP contribution in [0.3, 0.4) is 0 Å². The van der Waals surface area contributed by atoms with Crippen LogP contribution in [0.15, 0.2) is 0 Å². The SMILES string of the molecule is CN(C)C(=O)CS. The van der Waals surface area contributed by atoms with Gasteiger partial charge in [0.15, 0.2) is 0 Å². The zero-order chi connectivity index (χ0) is 5.86. The van der Waals surface area contributed by atoms with Gasteiger partial charge in [0.25, 0.3) is 0 Å². The van der Waals surface area contributed by atoms with E-state index in [1.807, 2.05) is 0 Å². The van der Waals surface area contributed by atoms with Crippen LogP contribution in [0.5, 0.6) is 0 Å². The van der Waals surface area contributed by atoms with E-state index >= 15 is 0 Å². The molecule has 0 radical (unpaired) electrons. The van der Waals surface area contributed by atoms with Crippen LogP contribution in [-0.4, -0.2) is 30.7 Å². The van der Waals surface area contributed by atoms with Gasteiger partial charge < -0.3 is 4.90 Å². The van der Waals surface area contributed by atoms with Gasteiger partial charge in [-0.15, -0.1) is 0 Å². The molecule has 0 unspecified atom stereocenters. The van der Waals surface area contributed by atoms with E-state index in [4.69, 9.17) is 0 Å². The van der Waals surface area contributed by atoms with Gasteiger partial charge in [0.05, 0.1) is 5.75 Å². The van der Waals surface area contributed by atoms with E-state index in [2.05, 4.69) is 12.6 Å². The van der Waals surface area contributed by atoms with E-state index in [0.29, 0.717) is 5.75 Å². The molecule has 0 aromatic rings. The van der Waals surface area contributed by atoms with Crippen LogP contribution in [0, 0.1) is 0 Å². The van der Waals surface area contributed by atoms with Gasteiger partial charge in [-0.2, -0.15) is 12.6 Å². The largest absolute Gasteiger partial charge is 0.348 e. The summed E-state index contributed by atoms with van der Waals surface area (Å²) in [6.07, 6.45) is 0. The Hall–Kier alpha value is -0.180. The average molecular weight is 119 g/mol. The first-order valence-electron chi connectivity index (χ1n) is 1.99. The molecule has 0 aliphatic heterocycles. The van der Waals surface area contributed by atoms with Crippen molar-refractivity contribution in [3.8, 4) is 0 Å². The summed E-state index contributed by atoms with van der Waals surface area (Å²) in [5.41, 5.74) is 0. The summed E-state index contributed by atoms with van der Waals surface area (Å²) in [4.78, 5) is 11.9. The van der Waals surface area contributed by atoms with Gasteiger partial charge in [-0.3, -0.25) is 4.79 Å².